The highest BCUT2D eigenvalue weighted by molar-refractivity contribution is 9.10. The third kappa shape index (κ3) is 4.90. The predicted molar refractivity (Wildman–Crippen MR) is 104 cm³/mol. The number of halogens is 1. The molecule has 1 aromatic carbocycles. The SMILES string of the molecule is O=C(Nc1cccnc1)C1CCN(S(=O)(=O)Cc2cccc(Br)c2)CC1. The largest absolute Gasteiger partial charge is 0.324 e. The monoisotopic (exact) mass is 437 g/mol. The van der Waals surface area contributed by atoms with E-state index in [4.69, 9.17) is 0 Å². The van der Waals surface area contributed by atoms with Crippen molar-refractivity contribution < 1.29 is 13.2 Å². The van der Waals surface area contributed by atoms with E-state index < -0.39 is 10.0 Å². The Morgan fingerprint density at radius 3 is 2.65 bits per heavy atom. The summed E-state index contributed by atoms with van der Waals surface area (Å²) in [4.78, 5) is 16.3. The molecule has 6 nitrogen and oxygen atoms in total. The summed E-state index contributed by atoms with van der Waals surface area (Å²) in [6.45, 7) is 0.725. The fourth-order valence-electron chi connectivity index (χ4n) is 3.01. The van der Waals surface area contributed by atoms with Crippen molar-refractivity contribution in [2.24, 2.45) is 5.92 Å². The van der Waals surface area contributed by atoms with Gasteiger partial charge in [-0.15, -0.1) is 0 Å². The van der Waals surface area contributed by atoms with E-state index in [9.17, 15) is 13.2 Å². The summed E-state index contributed by atoms with van der Waals surface area (Å²) < 4.78 is 27.6. The van der Waals surface area contributed by atoms with Crippen molar-refractivity contribution in [3.63, 3.8) is 0 Å². The lowest BCUT2D eigenvalue weighted by Gasteiger charge is -2.30. The molecule has 138 valence electrons. The first-order valence-corrected chi connectivity index (χ1v) is 10.8. The van der Waals surface area contributed by atoms with E-state index in [1.165, 1.54) is 4.31 Å². The molecule has 0 aliphatic carbocycles. The summed E-state index contributed by atoms with van der Waals surface area (Å²) in [6, 6.07) is 10.8. The molecule has 0 bridgehead atoms. The summed E-state index contributed by atoms with van der Waals surface area (Å²) in [5, 5.41) is 2.84. The highest BCUT2D eigenvalue weighted by atomic mass is 79.9. The number of nitrogens with one attached hydrogen (secondary N) is 1. The smallest absolute Gasteiger partial charge is 0.227 e. The number of piperidine rings is 1. The fraction of sp³-hybridized carbons (Fsp3) is 0.333. The first-order chi connectivity index (χ1) is 12.4. The van der Waals surface area contributed by atoms with Crippen molar-refractivity contribution in [2.45, 2.75) is 18.6 Å². The van der Waals surface area contributed by atoms with E-state index in [-0.39, 0.29) is 17.6 Å². The first kappa shape index (κ1) is 19.0. The molecule has 0 spiro atoms. The summed E-state index contributed by atoms with van der Waals surface area (Å²) in [6.07, 6.45) is 4.27. The van der Waals surface area contributed by atoms with E-state index in [2.05, 4.69) is 26.2 Å². The fourth-order valence-corrected chi connectivity index (χ4v) is 5.00. The molecule has 1 saturated heterocycles. The average Bonchev–Trinajstić information content (AvgIpc) is 2.62. The quantitative estimate of drug-likeness (QED) is 0.779. The van der Waals surface area contributed by atoms with Gasteiger partial charge in [0.25, 0.3) is 0 Å². The van der Waals surface area contributed by atoms with Crippen LogP contribution in [-0.2, 0) is 20.6 Å². The van der Waals surface area contributed by atoms with Gasteiger partial charge in [-0.2, -0.15) is 0 Å². The number of aromatic nitrogens is 1. The van der Waals surface area contributed by atoms with Crippen LogP contribution in [0.2, 0.25) is 0 Å². The molecule has 2 heterocycles. The lowest BCUT2D eigenvalue weighted by molar-refractivity contribution is -0.120. The van der Waals surface area contributed by atoms with Gasteiger partial charge in [-0.1, -0.05) is 28.1 Å². The maximum atomic E-state index is 12.6. The van der Waals surface area contributed by atoms with Gasteiger partial charge < -0.3 is 5.32 Å². The van der Waals surface area contributed by atoms with Crippen LogP contribution in [0.15, 0.2) is 53.3 Å². The van der Waals surface area contributed by atoms with Crippen LogP contribution < -0.4 is 5.32 Å². The number of hydrogen-bond donors (Lipinski definition) is 1. The number of carbonyl (C=O) groups excluding carboxylic acids is 1. The Balaban J connectivity index is 1.56. The highest BCUT2D eigenvalue weighted by Gasteiger charge is 2.31. The summed E-state index contributed by atoms with van der Waals surface area (Å²) in [5.74, 6) is -0.298. The van der Waals surface area contributed by atoms with Gasteiger partial charge in [-0.05, 0) is 42.7 Å². The van der Waals surface area contributed by atoms with Gasteiger partial charge in [0, 0.05) is 29.7 Å². The standard InChI is InChI=1S/C18H20BrN3O3S/c19-16-4-1-3-14(11-16)13-26(24,25)22-9-6-15(7-10-22)18(23)21-17-5-2-8-20-12-17/h1-5,8,11-12,15H,6-7,9-10,13H2,(H,21,23). The third-order valence-electron chi connectivity index (χ3n) is 4.39. The van der Waals surface area contributed by atoms with Crippen LogP contribution in [0.3, 0.4) is 0 Å². The molecule has 1 N–H and O–H groups in total. The number of nitrogens with zero attached hydrogens (tertiary/aromatic N) is 2. The second-order valence-electron chi connectivity index (χ2n) is 6.29. The third-order valence-corrected chi connectivity index (χ3v) is 6.73. The van der Waals surface area contributed by atoms with E-state index in [1.807, 2.05) is 18.2 Å². The van der Waals surface area contributed by atoms with Crippen molar-refractivity contribution in [2.75, 3.05) is 18.4 Å². The maximum absolute atomic E-state index is 12.6. The second-order valence-corrected chi connectivity index (χ2v) is 9.17. The van der Waals surface area contributed by atoms with Crippen molar-refractivity contribution in [3.05, 3.63) is 58.8 Å². The molecule has 1 fully saturated rings. The second kappa shape index (κ2) is 8.28. The topological polar surface area (TPSA) is 79.4 Å². The molecule has 0 radical (unpaired) electrons. The molecule has 1 aromatic heterocycles. The normalized spacial score (nSPS) is 16.3. The zero-order chi connectivity index (χ0) is 18.6. The van der Waals surface area contributed by atoms with Crippen LogP contribution in [0.25, 0.3) is 0 Å². The molecule has 0 unspecified atom stereocenters. The molecular formula is C18H20BrN3O3S. The van der Waals surface area contributed by atoms with Crippen molar-refractivity contribution in [1.82, 2.24) is 9.29 Å². The molecule has 1 aliphatic rings. The highest BCUT2D eigenvalue weighted by Crippen LogP contribution is 2.23. The zero-order valence-corrected chi connectivity index (χ0v) is 16.5. The van der Waals surface area contributed by atoms with E-state index in [1.54, 1.807) is 30.6 Å². The van der Waals surface area contributed by atoms with Gasteiger partial charge in [0.15, 0.2) is 0 Å². The van der Waals surface area contributed by atoms with Crippen LogP contribution in [-0.4, -0.2) is 36.7 Å². The molecule has 0 saturated carbocycles. The van der Waals surface area contributed by atoms with Gasteiger partial charge >= 0.3 is 0 Å². The Hall–Kier alpha value is -1.77. The molecule has 2 aromatic rings. The zero-order valence-electron chi connectivity index (χ0n) is 14.1. The lowest BCUT2D eigenvalue weighted by atomic mass is 9.97. The molecule has 26 heavy (non-hydrogen) atoms. The molecule has 1 aliphatic heterocycles. The number of anilines is 1. The van der Waals surface area contributed by atoms with Gasteiger partial charge in [0.05, 0.1) is 17.6 Å². The Bertz CT molecular complexity index is 866. The molecular weight excluding hydrogens is 418 g/mol. The number of sulfonamides is 1. The number of pyridine rings is 1. The van der Waals surface area contributed by atoms with Crippen LogP contribution >= 0.6 is 15.9 Å². The van der Waals surface area contributed by atoms with Gasteiger partial charge in [0.2, 0.25) is 15.9 Å². The Morgan fingerprint density at radius 2 is 2.00 bits per heavy atom. The minimum absolute atomic E-state index is 0.0288. The number of hydrogen-bond acceptors (Lipinski definition) is 4. The van der Waals surface area contributed by atoms with Crippen LogP contribution in [0.4, 0.5) is 5.69 Å². The number of rotatable bonds is 5. The summed E-state index contributed by atoms with van der Waals surface area (Å²) >= 11 is 3.36. The number of carbonyl (C=O) groups is 1. The predicted octanol–water partition coefficient (Wildman–Crippen LogP) is 3.02. The average molecular weight is 438 g/mol. The van der Waals surface area contributed by atoms with Crippen molar-refractivity contribution >= 4 is 37.5 Å². The van der Waals surface area contributed by atoms with Crippen molar-refractivity contribution in [3.8, 4) is 0 Å². The van der Waals surface area contributed by atoms with Gasteiger partial charge in [-0.25, -0.2) is 12.7 Å². The molecule has 8 heteroatoms. The number of amides is 1. The maximum Gasteiger partial charge on any atom is 0.227 e. The van der Waals surface area contributed by atoms with Crippen LogP contribution in [0.5, 0.6) is 0 Å². The Kier molecular flexibility index (Phi) is 6.05. The number of benzene rings is 1. The summed E-state index contributed by atoms with van der Waals surface area (Å²) in [5.41, 5.74) is 1.40. The molecule has 1 amide bonds. The summed E-state index contributed by atoms with van der Waals surface area (Å²) in [7, 11) is -3.39. The molecule has 0 atom stereocenters. The molecule has 3 rings (SSSR count). The van der Waals surface area contributed by atoms with Crippen LogP contribution in [0, 0.1) is 5.92 Å². The van der Waals surface area contributed by atoms with Crippen molar-refractivity contribution in [1.29, 1.82) is 0 Å². The minimum Gasteiger partial charge on any atom is -0.324 e. The van der Waals surface area contributed by atoms with Gasteiger partial charge in [0.1, 0.15) is 0 Å². The van der Waals surface area contributed by atoms with E-state index in [0.29, 0.717) is 31.6 Å². The Morgan fingerprint density at radius 1 is 1.23 bits per heavy atom. The van der Waals surface area contributed by atoms with Crippen LogP contribution in [0.1, 0.15) is 18.4 Å². The Labute approximate surface area is 161 Å². The minimum atomic E-state index is -3.39. The van der Waals surface area contributed by atoms with Gasteiger partial charge in [-0.3, -0.25) is 9.78 Å². The van der Waals surface area contributed by atoms with E-state index in [0.717, 1.165) is 10.0 Å². The van der Waals surface area contributed by atoms with E-state index >= 15 is 0 Å². The first-order valence-electron chi connectivity index (χ1n) is 8.37. The lowest BCUT2D eigenvalue weighted by Crippen LogP contribution is -2.41.